The molecule has 1 rings (SSSR count). The maximum Gasteiger partial charge on any atom is 0.272 e. The quantitative estimate of drug-likeness (QED) is 0.437. The van der Waals surface area contributed by atoms with Crippen molar-refractivity contribution in [1.82, 2.24) is 5.43 Å². The third kappa shape index (κ3) is 7.09. The van der Waals surface area contributed by atoms with Crippen LogP contribution in [-0.4, -0.2) is 12.1 Å². The highest BCUT2D eigenvalue weighted by molar-refractivity contribution is 6.33. The number of nitrogens with zero attached hydrogens (tertiary/aromatic N) is 1. The number of halogens is 1. The summed E-state index contributed by atoms with van der Waals surface area (Å²) in [5, 5.41) is 4.40. The minimum Gasteiger partial charge on any atom is -0.267 e. The van der Waals surface area contributed by atoms with Crippen LogP contribution in [0, 0.1) is 5.92 Å². The molecule has 0 radical (unpaired) electrons. The molecular formula is C17H23ClN2O. The largest absolute Gasteiger partial charge is 0.272 e. The van der Waals surface area contributed by atoms with E-state index in [1.165, 1.54) is 5.57 Å². The molecule has 1 amide bonds. The van der Waals surface area contributed by atoms with Gasteiger partial charge in [-0.3, -0.25) is 4.79 Å². The summed E-state index contributed by atoms with van der Waals surface area (Å²) in [4.78, 5) is 11.8. The monoisotopic (exact) mass is 306 g/mol. The zero-order valence-electron chi connectivity index (χ0n) is 12.9. The van der Waals surface area contributed by atoms with Gasteiger partial charge in [0, 0.05) is 6.21 Å². The molecule has 0 fully saturated rings. The average molecular weight is 307 g/mol. The Morgan fingerprint density at radius 1 is 1.38 bits per heavy atom. The SMILES string of the molecule is CC(C)=CCC[C@@H](C)C/C=N\NC(=O)c1ccccc1Cl. The van der Waals surface area contributed by atoms with Crippen molar-refractivity contribution >= 4 is 23.7 Å². The molecule has 0 aliphatic rings. The Hall–Kier alpha value is -1.61. The standard InChI is InChI=1S/C17H23ClN2O/c1-13(2)7-6-8-14(3)11-12-19-20-17(21)15-9-4-5-10-16(15)18/h4-5,7,9-10,12,14H,6,8,11H2,1-3H3,(H,20,21)/b19-12-/t14-/m1/s1. The highest BCUT2D eigenvalue weighted by Gasteiger charge is 2.07. The molecule has 0 heterocycles. The van der Waals surface area contributed by atoms with Gasteiger partial charge in [-0.1, -0.05) is 42.3 Å². The van der Waals surface area contributed by atoms with Crippen LogP contribution in [-0.2, 0) is 0 Å². The van der Waals surface area contributed by atoms with E-state index < -0.39 is 0 Å². The summed E-state index contributed by atoms with van der Waals surface area (Å²) >= 11 is 5.95. The molecule has 21 heavy (non-hydrogen) atoms. The second-order valence-electron chi connectivity index (χ2n) is 5.43. The number of allylic oxidation sites excluding steroid dienone is 2. The topological polar surface area (TPSA) is 41.5 Å². The Bertz CT molecular complexity index is 519. The van der Waals surface area contributed by atoms with Crippen LogP contribution >= 0.6 is 11.6 Å². The molecule has 3 nitrogen and oxygen atoms in total. The van der Waals surface area contributed by atoms with E-state index in [9.17, 15) is 4.79 Å². The first-order chi connectivity index (χ1) is 10.0. The second kappa shape index (κ2) is 9.35. The maximum atomic E-state index is 11.8. The fourth-order valence-electron chi connectivity index (χ4n) is 1.82. The zero-order valence-corrected chi connectivity index (χ0v) is 13.7. The Labute approximate surface area is 132 Å². The lowest BCUT2D eigenvalue weighted by atomic mass is 10.0. The minimum absolute atomic E-state index is 0.283. The summed E-state index contributed by atoms with van der Waals surface area (Å²) in [5.41, 5.74) is 4.29. The van der Waals surface area contributed by atoms with E-state index in [1.54, 1.807) is 30.5 Å². The number of nitrogens with one attached hydrogen (secondary N) is 1. The third-order valence-corrected chi connectivity index (χ3v) is 3.43. The molecule has 0 aliphatic carbocycles. The molecular weight excluding hydrogens is 284 g/mol. The summed E-state index contributed by atoms with van der Waals surface area (Å²) in [6.07, 6.45) is 7.05. The number of carbonyl (C=O) groups is 1. The number of benzene rings is 1. The third-order valence-electron chi connectivity index (χ3n) is 3.10. The molecule has 1 atom stereocenters. The van der Waals surface area contributed by atoms with E-state index in [-0.39, 0.29) is 5.91 Å². The first kappa shape index (κ1) is 17.4. The van der Waals surface area contributed by atoms with Crippen LogP contribution in [0.4, 0.5) is 0 Å². The molecule has 0 aromatic heterocycles. The van der Waals surface area contributed by atoms with Crippen LogP contribution in [0.5, 0.6) is 0 Å². The summed E-state index contributed by atoms with van der Waals surface area (Å²) in [6.45, 7) is 6.40. The van der Waals surface area contributed by atoms with Crippen molar-refractivity contribution in [1.29, 1.82) is 0 Å². The van der Waals surface area contributed by atoms with Gasteiger partial charge in [-0.25, -0.2) is 5.43 Å². The van der Waals surface area contributed by atoms with Crippen molar-refractivity contribution in [3.63, 3.8) is 0 Å². The van der Waals surface area contributed by atoms with E-state index in [2.05, 4.69) is 37.4 Å². The van der Waals surface area contributed by atoms with Crippen LogP contribution < -0.4 is 5.43 Å². The van der Waals surface area contributed by atoms with Crippen LogP contribution in [0.3, 0.4) is 0 Å². The highest BCUT2D eigenvalue weighted by Crippen LogP contribution is 2.14. The van der Waals surface area contributed by atoms with Gasteiger partial charge in [0.05, 0.1) is 10.6 Å². The average Bonchev–Trinajstić information content (AvgIpc) is 2.43. The molecule has 4 heteroatoms. The smallest absolute Gasteiger partial charge is 0.267 e. The number of hydrogen-bond acceptors (Lipinski definition) is 2. The Kier molecular flexibility index (Phi) is 7.76. The second-order valence-corrected chi connectivity index (χ2v) is 5.84. The minimum atomic E-state index is -0.283. The van der Waals surface area contributed by atoms with Gasteiger partial charge < -0.3 is 0 Å². The predicted octanol–water partition coefficient (Wildman–Crippen LogP) is 4.83. The molecule has 0 bridgehead atoms. The van der Waals surface area contributed by atoms with Crippen molar-refractivity contribution in [3.05, 3.63) is 46.5 Å². The van der Waals surface area contributed by atoms with Gasteiger partial charge in [0.25, 0.3) is 5.91 Å². The number of amides is 1. The molecule has 0 spiro atoms. The van der Waals surface area contributed by atoms with E-state index >= 15 is 0 Å². The molecule has 1 N–H and O–H groups in total. The molecule has 1 aromatic rings. The molecule has 0 saturated carbocycles. The van der Waals surface area contributed by atoms with Crippen LogP contribution in [0.2, 0.25) is 5.02 Å². The normalized spacial score (nSPS) is 12.2. The zero-order chi connectivity index (χ0) is 15.7. The van der Waals surface area contributed by atoms with Gasteiger partial charge in [0.15, 0.2) is 0 Å². The summed E-state index contributed by atoms with van der Waals surface area (Å²) in [7, 11) is 0. The summed E-state index contributed by atoms with van der Waals surface area (Å²) in [5.74, 6) is 0.260. The summed E-state index contributed by atoms with van der Waals surface area (Å²) in [6, 6.07) is 6.92. The van der Waals surface area contributed by atoms with Crippen molar-refractivity contribution in [2.45, 2.75) is 40.0 Å². The van der Waals surface area contributed by atoms with Crippen LogP contribution in [0.25, 0.3) is 0 Å². The Morgan fingerprint density at radius 3 is 2.76 bits per heavy atom. The van der Waals surface area contributed by atoms with Crippen LogP contribution in [0.15, 0.2) is 41.0 Å². The lowest BCUT2D eigenvalue weighted by molar-refractivity contribution is 0.0955. The van der Waals surface area contributed by atoms with Gasteiger partial charge in [-0.2, -0.15) is 5.10 Å². The van der Waals surface area contributed by atoms with Crippen molar-refractivity contribution in [3.8, 4) is 0 Å². The van der Waals surface area contributed by atoms with E-state index in [0.717, 1.165) is 19.3 Å². The number of carbonyl (C=O) groups excluding carboxylic acids is 1. The number of hydrogen-bond donors (Lipinski definition) is 1. The van der Waals surface area contributed by atoms with E-state index in [4.69, 9.17) is 11.6 Å². The fourth-order valence-corrected chi connectivity index (χ4v) is 2.04. The Morgan fingerprint density at radius 2 is 2.10 bits per heavy atom. The lowest BCUT2D eigenvalue weighted by Gasteiger charge is -2.06. The molecule has 0 aliphatic heterocycles. The number of hydrazone groups is 1. The van der Waals surface area contributed by atoms with Crippen molar-refractivity contribution in [2.24, 2.45) is 11.0 Å². The Balaban J connectivity index is 2.33. The molecule has 114 valence electrons. The van der Waals surface area contributed by atoms with Crippen LogP contribution in [0.1, 0.15) is 50.4 Å². The van der Waals surface area contributed by atoms with Crippen molar-refractivity contribution < 1.29 is 4.79 Å². The van der Waals surface area contributed by atoms with Gasteiger partial charge in [0.1, 0.15) is 0 Å². The van der Waals surface area contributed by atoms with Crippen molar-refractivity contribution in [2.75, 3.05) is 0 Å². The molecule has 0 unspecified atom stereocenters. The maximum absolute atomic E-state index is 11.8. The predicted molar refractivity (Wildman–Crippen MR) is 89.9 cm³/mol. The molecule has 0 saturated heterocycles. The highest BCUT2D eigenvalue weighted by atomic mass is 35.5. The molecule has 1 aromatic carbocycles. The fraction of sp³-hybridized carbons (Fsp3) is 0.412. The van der Waals surface area contributed by atoms with E-state index in [1.807, 2.05) is 0 Å². The first-order valence-electron chi connectivity index (χ1n) is 7.20. The van der Waals surface area contributed by atoms with Gasteiger partial charge in [-0.15, -0.1) is 0 Å². The summed E-state index contributed by atoms with van der Waals surface area (Å²) < 4.78 is 0. The van der Waals surface area contributed by atoms with Gasteiger partial charge in [-0.05, 0) is 51.2 Å². The van der Waals surface area contributed by atoms with Gasteiger partial charge >= 0.3 is 0 Å². The van der Waals surface area contributed by atoms with E-state index in [0.29, 0.717) is 16.5 Å². The number of rotatable bonds is 7. The van der Waals surface area contributed by atoms with Gasteiger partial charge in [0.2, 0.25) is 0 Å². The lowest BCUT2D eigenvalue weighted by Crippen LogP contribution is -2.18. The first-order valence-corrected chi connectivity index (χ1v) is 7.58.